The van der Waals surface area contributed by atoms with Crippen molar-refractivity contribution in [1.29, 1.82) is 0 Å². The standard InChI is InChI=1S/C24H30O5Si/c1-18(25)29-21-15-16-27-22(23(21)26)17-28-30(24(2,3)4,19-11-7-5-8-12-19)20-13-9-6-10-14-20/h5-16,21-23,26H,17H2,1-4H3/t21-,22-,23+/m1/s1. The first kappa shape index (κ1) is 22.3. The summed E-state index contributed by atoms with van der Waals surface area (Å²) in [5, 5.41) is 12.8. The molecule has 0 aromatic heterocycles. The summed E-state index contributed by atoms with van der Waals surface area (Å²) < 4.78 is 17.7. The van der Waals surface area contributed by atoms with Crippen molar-refractivity contribution in [3.8, 4) is 0 Å². The zero-order valence-electron chi connectivity index (χ0n) is 17.9. The average molecular weight is 427 g/mol. The van der Waals surface area contributed by atoms with Gasteiger partial charge in [-0.25, -0.2) is 0 Å². The molecule has 0 bridgehead atoms. The first-order chi connectivity index (χ1) is 14.3. The monoisotopic (exact) mass is 426 g/mol. The minimum atomic E-state index is -2.74. The molecule has 0 amide bonds. The van der Waals surface area contributed by atoms with Crippen molar-refractivity contribution in [3.63, 3.8) is 0 Å². The molecule has 0 saturated heterocycles. The Balaban J connectivity index is 1.96. The van der Waals surface area contributed by atoms with Gasteiger partial charge < -0.3 is 19.0 Å². The first-order valence-corrected chi connectivity index (χ1v) is 12.1. The third-order valence-corrected chi connectivity index (χ3v) is 10.4. The molecule has 2 aromatic carbocycles. The zero-order valence-corrected chi connectivity index (χ0v) is 18.9. The van der Waals surface area contributed by atoms with Crippen LogP contribution < -0.4 is 10.4 Å². The molecule has 160 valence electrons. The summed E-state index contributed by atoms with van der Waals surface area (Å²) in [5.74, 6) is -0.447. The molecule has 1 heterocycles. The Morgan fingerprint density at radius 1 is 1.03 bits per heavy atom. The number of carbonyl (C=O) groups excluding carboxylic acids is 1. The lowest BCUT2D eigenvalue weighted by Gasteiger charge is -2.44. The van der Waals surface area contributed by atoms with E-state index in [0.29, 0.717) is 0 Å². The number of hydrogen-bond donors (Lipinski definition) is 1. The normalized spacial score (nSPS) is 21.7. The summed E-state index contributed by atoms with van der Waals surface area (Å²) >= 11 is 0. The fourth-order valence-corrected chi connectivity index (χ4v) is 8.61. The Kier molecular flexibility index (Phi) is 6.80. The van der Waals surface area contributed by atoms with E-state index in [9.17, 15) is 9.90 Å². The van der Waals surface area contributed by atoms with Crippen molar-refractivity contribution in [2.45, 2.75) is 51.0 Å². The van der Waals surface area contributed by atoms with Crippen LogP contribution in [0, 0.1) is 0 Å². The summed E-state index contributed by atoms with van der Waals surface area (Å²) in [6.45, 7) is 8.08. The Morgan fingerprint density at radius 3 is 2.03 bits per heavy atom. The van der Waals surface area contributed by atoms with E-state index in [0.717, 1.165) is 10.4 Å². The molecule has 1 N–H and O–H groups in total. The summed E-state index contributed by atoms with van der Waals surface area (Å²) in [6.07, 6.45) is 0.632. The highest BCUT2D eigenvalue weighted by Crippen LogP contribution is 2.37. The second-order valence-electron chi connectivity index (χ2n) is 8.54. The SMILES string of the molecule is CC(=O)O[C@@H]1C=CO[C@H](CO[Si](c2ccccc2)(c2ccccc2)C(C)(C)C)[C@H]1O. The van der Waals surface area contributed by atoms with Crippen molar-refractivity contribution in [2.75, 3.05) is 6.61 Å². The van der Waals surface area contributed by atoms with Gasteiger partial charge in [-0.15, -0.1) is 0 Å². The fraction of sp³-hybridized carbons (Fsp3) is 0.375. The van der Waals surface area contributed by atoms with Crippen LogP contribution in [0.1, 0.15) is 27.7 Å². The molecule has 2 aromatic rings. The molecular weight excluding hydrogens is 396 g/mol. The predicted molar refractivity (Wildman–Crippen MR) is 119 cm³/mol. The lowest BCUT2D eigenvalue weighted by molar-refractivity contribution is -0.156. The first-order valence-electron chi connectivity index (χ1n) is 10.2. The molecule has 5 nitrogen and oxygen atoms in total. The maximum atomic E-state index is 11.4. The largest absolute Gasteiger partial charge is 0.493 e. The van der Waals surface area contributed by atoms with Gasteiger partial charge >= 0.3 is 5.97 Å². The van der Waals surface area contributed by atoms with E-state index < -0.39 is 32.6 Å². The maximum Gasteiger partial charge on any atom is 0.303 e. The van der Waals surface area contributed by atoms with E-state index in [4.69, 9.17) is 13.9 Å². The van der Waals surface area contributed by atoms with Gasteiger partial charge in [0.15, 0.2) is 6.10 Å². The number of carbonyl (C=O) groups is 1. The third kappa shape index (κ3) is 4.51. The van der Waals surface area contributed by atoms with Crippen LogP contribution in [-0.4, -0.2) is 44.3 Å². The topological polar surface area (TPSA) is 65.0 Å². The van der Waals surface area contributed by atoms with Gasteiger partial charge in [-0.3, -0.25) is 4.79 Å². The van der Waals surface area contributed by atoms with E-state index in [-0.39, 0.29) is 11.6 Å². The number of aliphatic hydroxyl groups is 1. The van der Waals surface area contributed by atoms with Gasteiger partial charge in [0.1, 0.15) is 12.2 Å². The minimum Gasteiger partial charge on any atom is -0.493 e. The second kappa shape index (κ2) is 9.16. The molecule has 1 aliphatic heterocycles. The van der Waals surface area contributed by atoms with E-state index in [1.807, 2.05) is 36.4 Å². The van der Waals surface area contributed by atoms with Crippen molar-refractivity contribution >= 4 is 24.7 Å². The maximum absolute atomic E-state index is 11.4. The lowest BCUT2D eigenvalue weighted by Crippen LogP contribution is -2.67. The van der Waals surface area contributed by atoms with Gasteiger partial charge in [0.25, 0.3) is 8.32 Å². The number of rotatable bonds is 6. The predicted octanol–water partition coefficient (Wildman–Crippen LogP) is 2.77. The number of hydrogen-bond acceptors (Lipinski definition) is 5. The van der Waals surface area contributed by atoms with Crippen LogP contribution in [0.4, 0.5) is 0 Å². The van der Waals surface area contributed by atoms with Crippen molar-refractivity contribution < 1.29 is 23.8 Å². The smallest absolute Gasteiger partial charge is 0.303 e. The summed E-state index contributed by atoms with van der Waals surface area (Å²) in [7, 11) is -2.74. The van der Waals surface area contributed by atoms with Crippen LogP contribution in [0.3, 0.4) is 0 Å². The van der Waals surface area contributed by atoms with E-state index >= 15 is 0 Å². The molecule has 0 aliphatic carbocycles. The summed E-state index contributed by atoms with van der Waals surface area (Å²) in [6, 6.07) is 20.6. The molecular formula is C24H30O5Si. The van der Waals surface area contributed by atoms with Gasteiger partial charge in [0.2, 0.25) is 0 Å². The number of ether oxygens (including phenoxy) is 2. The van der Waals surface area contributed by atoms with Gasteiger partial charge in [-0.05, 0) is 21.5 Å². The Morgan fingerprint density at radius 2 is 1.57 bits per heavy atom. The highest BCUT2D eigenvalue weighted by molar-refractivity contribution is 6.99. The molecule has 3 rings (SSSR count). The fourth-order valence-electron chi connectivity index (χ4n) is 4.04. The van der Waals surface area contributed by atoms with E-state index in [2.05, 4.69) is 45.0 Å². The van der Waals surface area contributed by atoms with Gasteiger partial charge in [-0.2, -0.15) is 0 Å². The summed E-state index contributed by atoms with van der Waals surface area (Å²) in [5.41, 5.74) is 0. The number of esters is 1. The minimum absolute atomic E-state index is 0.177. The third-order valence-electron chi connectivity index (χ3n) is 5.42. The molecule has 0 radical (unpaired) electrons. The number of aliphatic hydroxyl groups excluding tert-OH is 1. The highest BCUT2D eigenvalue weighted by Gasteiger charge is 2.51. The van der Waals surface area contributed by atoms with Crippen LogP contribution in [0.2, 0.25) is 5.04 Å². The van der Waals surface area contributed by atoms with Crippen LogP contribution in [0.5, 0.6) is 0 Å². The second-order valence-corrected chi connectivity index (χ2v) is 12.8. The lowest BCUT2D eigenvalue weighted by atomic mass is 10.1. The Bertz CT molecular complexity index is 821. The number of benzene rings is 2. The van der Waals surface area contributed by atoms with Gasteiger partial charge in [0, 0.05) is 6.92 Å². The van der Waals surface area contributed by atoms with Crippen LogP contribution in [0.15, 0.2) is 73.0 Å². The quantitative estimate of drug-likeness (QED) is 0.568. The van der Waals surface area contributed by atoms with E-state index in [1.165, 1.54) is 13.2 Å². The molecule has 0 fully saturated rings. The molecule has 0 unspecified atom stereocenters. The van der Waals surface area contributed by atoms with Gasteiger partial charge in [0.05, 0.1) is 12.9 Å². The Hall–Kier alpha value is -2.41. The van der Waals surface area contributed by atoms with Crippen LogP contribution in [0.25, 0.3) is 0 Å². The molecule has 1 aliphatic rings. The Labute approximate surface area is 179 Å². The van der Waals surface area contributed by atoms with Crippen molar-refractivity contribution in [1.82, 2.24) is 0 Å². The zero-order chi connectivity index (χ0) is 21.8. The van der Waals surface area contributed by atoms with Crippen molar-refractivity contribution in [3.05, 3.63) is 73.0 Å². The summed E-state index contributed by atoms with van der Waals surface area (Å²) in [4.78, 5) is 11.4. The molecule has 0 spiro atoms. The average Bonchev–Trinajstić information content (AvgIpc) is 2.71. The molecule has 6 heteroatoms. The van der Waals surface area contributed by atoms with Gasteiger partial charge in [-0.1, -0.05) is 81.4 Å². The van der Waals surface area contributed by atoms with E-state index in [1.54, 1.807) is 6.08 Å². The van der Waals surface area contributed by atoms with Crippen LogP contribution >= 0.6 is 0 Å². The highest BCUT2D eigenvalue weighted by atomic mass is 28.4. The molecule has 3 atom stereocenters. The molecule has 30 heavy (non-hydrogen) atoms. The molecule has 0 saturated carbocycles. The van der Waals surface area contributed by atoms with Crippen LogP contribution in [-0.2, 0) is 18.7 Å². The van der Waals surface area contributed by atoms with Crippen molar-refractivity contribution in [2.24, 2.45) is 0 Å².